The molecule has 20 heavy (non-hydrogen) atoms. The molecule has 0 saturated carbocycles. The maximum atomic E-state index is 9.28. The van der Waals surface area contributed by atoms with Crippen LogP contribution in [0.3, 0.4) is 0 Å². The Balaban J connectivity index is 2.26. The van der Waals surface area contributed by atoms with Crippen molar-refractivity contribution in [3.8, 4) is 17.2 Å². The normalized spacial score (nSPS) is 12.2. The summed E-state index contributed by atoms with van der Waals surface area (Å²) < 4.78 is 8.01. The molecule has 0 saturated heterocycles. The van der Waals surface area contributed by atoms with Crippen LogP contribution in [0.2, 0.25) is 0 Å². The largest absolute Gasteiger partial charge is 0.508 e. The molecule has 1 atom stereocenters. The fraction of sp³-hybridized carbons (Fsp3) is 0.200. The van der Waals surface area contributed by atoms with Gasteiger partial charge in [-0.2, -0.15) is 0 Å². The SMILES string of the molecule is C[C@@H](N)Cc1cc(I)c(Oc2ccc(O)cc2)c(I)c1. The van der Waals surface area contributed by atoms with Crippen LogP contribution >= 0.6 is 45.2 Å². The number of nitrogens with two attached hydrogens (primary N) is 1. The van der Waals surface area contributed by atoms with E-state index in [0.29, 0.717) is 5.75 Å². The summed E-state index contributed by atoms with van der Waals surface area (Å²) in [6.45, 7) is 2.00. The molecule has 3 N–H and O–H groups in total. The average Bonchev–Trinajstić information content (AvgIpc) is 2.35. The van der Waals surface area contributed by atoms with Crippen LogP contribution in [0.15, 0.2) is 36.4 Å². The van der Waals surface area contributed by atoms with E-state index in [2.05, 4.69) is 57.3 Å². The average molecular weight is 495 g/mol. The monoisotopic (exact) mass is 495 g/mol. The lowest BCUT2D eigenvalue weighted by atomic mass is 10.1. The third-order valence-electron chi connectivity index (χ3n) is 2.67. The third-order valence-corrected chi connectivity index (χ3v) is 4.27. The fourth-order valence-electron chi connectivity index (χ4n) is 1.83. The minimum absolute atomic E-state index is 0.144. The zero-order valence-electron chi connectivity index (χ0n) is 10.9. The Morgan fingerprint density at radius 2 is 1.70 bits per heavy atom. The summed E-state index contributed by atoms with van der Waals surface area (Å²) in [5, 5.41) is 9.28. The van der Waals surface area contributed by atoms with Crippen LogP contribution in [0.1, 0.15) is 12.5 Å². The first-order chi connectivity index (χ1) is 9.45. The zero-order valence-corrected chi connectivity index (χ0v) is 15.3. The minimum atomic E-state index is 0.144. The zero-order chi connectivity index (χ0) is 14.7. The molecule has 106 valence electrons. The van der Waals surface area contributed by atoms with Crippen LogP contribution in [-0.4, -0.2) is 11.1 Å². The van der Waals surface area contributed by atoms with Crippen LogP contribution in [0, 0.1) is 7.14 Å². The lowest BCUT2D eigenvalue weighted by Crippen LogP contribution is -2.17. The van der Waals surface area contributed by atoms with Crippen molar-refractivity contribution in [2.45, 2.75) is 19.4 Å². The van der Waals surface area contributed by atoms with Crippen molar-refractivity contribution >= 4 is 45.2 Å². The van der Waals surface area contributed by atoms with Gasteiger partial charge in [-0.05, 0) is 100 Å². The summed E-state index contributed by atoms with van der Waals surface area (Å²) in [6, 6.07) is 11.1. The number of rotatable bonds is 4. The molecule has 0 heterocycles. The molecule has 0 aliphatic heterocycles. The van der Waals surface area contributed by atoms with Crippen LogP contribution < -0.4 is 10.5 Å². The Labute approximate surface area is 145 Å². The van der Waals surface area contributed by atoms with Crippen LogP contribution in [0.25, 0.3) is 0 Å². The van der Waals surface area contributed by atoms with Crippen LogP contribution in [0.5, 0.6) is 17.2 Å². The maximum absolute atomic E-state index is 9.28. The van der Waals surface area contributed by atoms with E-state index in [1.165, 1.54) is 5.56 Å². The highest BCUT2D eigenvalue weighted by Gasteiger charge is 2.11. The van der Waals surface area contributed by atoms with E-state index >= 15 is 0 Å². The Morgan fingerprint density at radius 1 is 1.15 bits per heavy atom. The lowest BCUT2D eigenvalue weighted by molar-refractivity contribution is 0.461. The van der Waals surface area contributed by atoms with E-state index in [1.807, 2.05) is 6.92 Å². The Hall–Kier alpha value is -0.540. The summed E-state index contributed by atoms with van der Waals surface area (Å²) in [4.78, 5) is 0. The van der Waals surface area contributed by atoms with Crippen molar-refractivity contribution < 1.29 is 9.84 Å². The van der Waals surface area contributed by atoms with Gasteiger partial charge < -0.3 is 15.6 Å². The molecule has 5 heteroatoms. The first-order valence-corrected chi connectivity index (χ1v) is 8.32. The number of halogens is 2. The second kappa shape index (κ2) is 6.95. The van der Waals surface area contributed by atoms with E-state index in [9.17, 15) is 5.11 Å². The standard InChI is InChI=1S/C15H15I2NO2/c1-9(18)6-10-7-13(16)15(14(17)8-10)20-12-4-2-11(19)3-5-12/h2-5,7-9,19H,6,18H2,1H3/t9-/m1/s1. The number of phenols is 1. The van der Waals surface area contributed by atoms with E-state index < -0.39 is 0 Å². The lowest BCUT2D eigenvalue weighted by Gasteiger charge is -2.13. The molecule has 2 aromatic carbocycles. The van der Waals surface area contributed by atoms with Crippen LogP contribution in [-0.2, 0) is 6.42 Å². The van der Waals surface area contributed by atoms with Crippen molar-refractivity contribution in [3.05, 3.63) is 49.1 Å². The van der Waals surface area contributed by atoms with E-state index in [-0.39, 0.29) is 11.8 Å². The molecule has 2 aromatic rings. The van der Waals surface area contributed by atoms with Gasteiger partial charge in [-0.3, -0.25) is 0 Å². The summed E-state index contributed by atoms with van der Waals surface area (Å²) >= 11 is 4.54. The van der Waals surface area contributed by atoms with Gasteiger partial charge in [0.2, 0.25) is 0 Å². The molecule has 0 bridgehead atoms. The maximum Gasteiger partial charge on any atom is 0.154 e. The number of hydrogen-bond donors (Lipinski definition) is 2. The number of benzene rings is 2. The molecule has 0 fully saturated rings. The van der Waals surface area contributed by atoms with Gasteiger partial charge >= 0.3 is 0 Å². The molecular formula is C15H15I2NO2. The number of ether oxygens (including phenoxy) is 1. The number of hydrogen-bond acceptors (Lipinski definition) is 3. The predicted octanol–water partition coefficient (Wildman–Crippen LogP) is 4.28. The molecule has 0 aliphatic carbocycles. The van der Waals surface area contributed by atoms with Crippen molar-refractivity contribution in [3.63, 3.8) is 0 Å². The van der Waals surface area contributed by atoms with E-state index in [0.717, 1.165) is 19.3 Å². The summed E-state index contributed by atoms with van der Waals surface area (Å²) in [5.41, 5.74) is 7.06. The van der Waals surface area contributed by atoms with Gasteiger partial charge in [0, 0.05) is 6.04 Å². The Kier molecular flexibility index (Phi) is 5.50. The molecule has 0 aliphatic rings. The molecule has 3 nitrogen and oxygen atoms in total. The molecular weight excluding hydrogens is 480 g/mol. The molecule has 2 rings (SSSR count). The van der Waals surface area contributed by atoms with E-state index in [1.54, 1.807) is 24.3 Å². The van der Waals surface area contributed by atoms with Gasteiger partial charge in [-0.15, -0.1) is 0 Å². The quantitative estimate of drug-likeness (QED) is 0.624. The molecule has 0 aromatic heterocycles. The van der Waals surface area contributed by atoms with Crippen molar-refractivity contribution in [1.82, 2.24) is 0 Å². The number of phenolic OH excluding ortho intramolecular Hbond substituents is 1. The van der Waals surface area contributed by atoms with Crippen LogP contribution in [0.4, 0.5) is 0 Å². The van der Waals surface area contributed by atoms with Crippen molar-refractivity contribution in [2.75, 3.05) is 0 Å². The molecule has 0 unspecified atom stereocenters. The summed E-state index contributed by atoms with van der Waals surface area (Å²) in [7, 11) is 0. The van der Waals surface area contributed by atoms with Gasteiger partial charge in [0.25, 0.3) is 0 Å². The van der Waals surface area contributed by atoms with Gasteiger partial charge in [0.15, 0.2) is 5.75 Å². The Bertz CT molecular complexity index is 574. The molecule has 0 amide bonds. The first-order valence-electron chi connectivity index (χ1n) is 6.16. The van der Waals surface area contributed by atoms with E-state index in [4.69, 9.17) is 10.5 Å². The highest BCUT2D eigenvalue weighted by Crippen LogP contribution is 2.33. The highest BCUT2D eigenvalue weighted by molar-refractivity contribution is 14.1. The van der Waals surface area contributed by atoms with Crippen molar-refractivity contribution in [2.24, 2.45) is 5.73 Å². The fourth-order valence-corrected chi connectivity index (χ4v) is 3.95. The second-order valence-electron chi connectivity index (χ2n) is 4.67. The van der Waals surface area contributed by atoms with Gasteiger partial charge in [0.1, 0.15) is 11.5 Å². The summed E-state index contributed by atoms with van der Waals surface area (Å²) in [5.74, 6) is 1.78. The van der Waals surface area contributed by atoms with Gasteiger partial charge in [0.05, 0.1) is 7.14 Å². The molecule has 0 spiro atoms. The number of aromatic hydroxyl groups is 1. The van der Waals surface area contributed by atoms with Gasteiger partial charge in [-0.25, -0.2) is 0 Å². The Morgan fingerprint density at radius 3 is 2.20 bits per heavy atom. The molecule has 0 radical (unpaired) electrons. The predicted molar refractivity (Wildman–Crippen MR) is 97.4 cm³/mol. The third kappa shape index (κ3) is 4.23. The topological polar surface area (TPSA) is 55.5 Å². The smallest absolute Gasteiger partial charge is 0.154 e. The first kappa shape index (κ1) is 15.8. The van der Waals surface area contributed by atoms with Crippen molar-refractivity contribution in [1.29, 1.82) is 0 Å². The van der Waals surface area contributed by atoms with Gasteiger partial charge in [-0.1, -0.05) is 0 Å². The highest BCUT2D eigenvalue weighted by atomic mass is 127. The second-order valence-corrected chi connectivity index (χ2v) is 6.99. The summed E-state index contributed by atoms with van der Waals surface area (Å²) in [6.07, 6.45) is 0.853. The minimum Gasteiger partial charge on any atom is -0.508 e.